The van der Waals surface area contributed by atoms with Crippen molar-refractivity contribution in [3.8, 4) is 0 Å². The Hall–Kier alpha value is -2.75. The van der Waals surface area contributed by atoms with Crippen molar-refractivity contribution in [1.29, 1.82) is 0 Å². The number of rotatable bonds is 4. The molecule has 0 aliphatic carbocycles. The topological polar surface area (TPSA) is 108 Å². The fraction of sp³-hybridized carbons (Fsp3) is 0.412. The Bertz CT molecular complexity index is 870. The van der Waals surface area contributed by atoms with E-state index in [0.717, 1.165) is 7.11 Å². The molecule has 0 fully saturated rings. The predicted molar refractivity (Wildman–Crippen MR) is 91.8 cm³/mol. The van der Waals surface area contributed by atoms with Gasteiger partial charge in [-0.2, -0.15) is 0 Å². The van der Waals surface area contributed by atoms with Crippen LogP contribution in [0.1, 0.15) is 6.92 Å². The van der Waals surface area contributed by atoms with Gasteiger partial charge in [0.05, 0.1) is 56.4 Å². The van der Waals surface area contributed by atoms with Gasteiger partial charge in [0.15, 0.2) is 0 Å². The first-order valence-electron chi connectivity index (χ1n) is 7.77. The summed E-state index contributed by atoms with van der Waals surface area (Å²) in [6, 6.07) is 0. The van der Waals surface area contributed by atoms with E-state index >= 15 is 0 Å². The van der Waals surface area contributed by atoms with Crippen molar-refractivity contribution in [1.82, 2.24) is 4.90 Å². The van der Waals surface area contributed by atoms with Crippen LogP contribution in [-0.4, -0.2) is 68.1 Å². The van der Waals surface area contributed by atoms with Gasteiger partial charge in [-0.15, -0.1) is 11.8 Å². The summed E-state index contributed by atoms with van der Waals surface area (Å²) in [5.74, 6) is -3.09. The number of hydrogen-bond donors (Lipinski definition) is 0. The van der Waals surface area contributed by atoms with Crippen LogP contribution in [0, 0.1) is 0 Å². The monoisotopic (exact) mass is 395 g/mol. The zero-order valence-corrected chi connectivity index (χ0v) is 16.1. The maximum absolute atomic E-state index is 12.6. The standard InChI is InChI=1S/C17H17NO8S/c1-17-10(15(21)25-4)8(13(19)23-2)7-6-27-12(18(7)17)9(14(20)24-3)11(17)16(22)26-5/h6,12H,1-5H3. The number of esters is 4. The molecule has 2 atom stereocenters. The molecule has 3 heterocycles. The van der Waals surface area contributed by atoms with Gasteiger partial charge in [0.2, 0.25) is 0 Å². The first-order valence-corrected chi connectivity index (χ1v) is 8.71. The lowest BCUT2D eigenvalue weighted by Crippen LogP contribution is -2.45. The van der Waals surface area contributed by atoms with Gasteiger partial charge in [0, 0.05) is 0 Å². The van der Waals surface area contributed by atoms with E-state index in [1.807, 2.05) is 0 Å². The normalized spacial score (nSPS) is 25.3. The molecule has 9 nitrogen and oxygen atoms in total. The highest BCUT2D eigenvalue weighted by molar-refractivity contribution is 8.03. The van der Waals surface area contributed by atoms with Crippen LogP contribution in [0.5, 0.6) is 0 Å². The number of nitrogens with zero attached hydrogens (tertiary/aromatic N) is 1. The SMILES string of the molecule is COC(=O)C1=C(C(=O)OC)C2(C)C(C(=O)OC)=C(C(=O)OC)C3SC=C1N32. The number of methoxy groups -OCH3 is 4. The molecule has 0 radical (unpaired) electrons. The number of ether oxygens (including phenoxy) is 4. The third kappa shape index (κ3) is 2.25. The molecule has 0 amide bonds. The van der Waals surface area contributed by atoms with Gasteiger partial charge in [-0.25, -0.2) is 19.2 Å². The molecule has 0 spiro atoms. The van der Waals surface area contributed by atoms with E-state index in [1.165, 1.54) is 33.1 Å². The number of hydrogen-bond acceptors (Lipinski definition) is 10. The molecule has 0 N–H and O–H groups in total. The van der Waals surface area contributed by atoms with E-state index in [9.17, 15) is 19.2 Å². The van der Waals surface area contributed by atoms with Crippen molar-refractivity contribution in [2.45, 2.75) is 17.8 Å². The maximum atomic E-state index is 12.6. The fourth-order valence-corrected chi connectivity index (χ4v) is 5.07. The molecule has 27 heavy (non-hydrogen) atoms. The molecule has 2 unspecified atom stereocenters. The van der Waals surface area contributed by atoms with Crippen LogP contribution in [0.15, 0.2) is 33.4 Å². The van der Waals surface area contributed by atoms with Crippen LogP contribution in [0.3, 0.4) is 0 Å². The summed E-state index contributed by atoms with van der Waals surface area (Å²) in [5, 5.41) is 0.982. The van der Waals surface area contributed by atoms with Crippen molar-refractivity contribution in [3.05, 3.63) is 33.4 Å². The number of thioether (sulfide) groups is 1. The molecule has 144 valence electrons. The van der Waals surface area contributed by atoms with Gasteiger partial charge < -0.3 is 23.8 Å². The summed E-state index contributed by atoms with van der Waals surface area (Å²) >= 11 is 1.21. The second-order valence-corrected chi connectivity index (χ2v) is 6.89. The molecule has 3 aliphatic rings. The van der Waals surface area contributed by atoms with Crippen molar-refractivity contribution in [2.24, 2.45) is 0 Å². The Kier molecular flexibility index (Phi) is 4.54. The van der Waals surface area contributed by atoms with Crippen LogP contribution in [0.4, 0.5) is 0 Å². The quantitative estimate of drug-likeness (QED) is 0.486. The van der Waals surface area contributed by atoms with Crippen LogP contribution < -0.4 is 0 Å². The lowest BCUT2D eigenvalue weighted by Gasteiger charge is -2.34. The minimum absolute atomic E-state index is 0.00725. The molecule has 3 aliphatic heterocycles. The van der Waals surface area contributed by atoms with Crippen LogP contribution in [0.25, 0.3) is 0 Å². The predicted octanol–water partition coefficient (Wildman–Crippen LogP) is 0.274. The highest BCUT2D eigenvalue weighted by Gasteiger charge is 2.65. The van der Waals surface area contributed by atoms with Crippen LogP contribution in [-0.2, 0) is 38.1 Å². The molecule has 10 heteroatoms. The molecule has 0 bridgehead atoms. The Morgan fingerprint density at radius 3 is 1.93 bits per heavy atom. The lowest BCUT2D eigenvalue weighted by molar-refractivity contribution is -0.140. The fourth-order valence-electron chi connectivity index (χ4n) is 3.78. The van der Waals surface area contributed by atoms with E-state index < -0.39 is 34.8 Å². The van der Waals surface area contributed by atoms with E-state index in [1.54, 1.807) is 17.2 Å². The Labute approximate surface area is 158 Å². The zero-order chi connectivity index (χ0) is 20.1. The smallest absolute Gasteiger partial charge is 0.340 e. The van der Waals surface area contributed by atoms with Gasteiger partial charge in [0.25, 0.3) is 0 Å². The molecular weight excluding hydrogens is 378 g/mol. The summed E-state index contributed by atoms with van der Waals surface area (Å²) in [5.41, 5.74) is -1.18. The highest BCUT2D eigenvalue weighted by atomic mass is 32.2. The summed E-state index contributed by atoms with van der Waals surface area (Å²) in [6.45, 7) is 1.56. The van der Waals surface area contributed by atoms with Crippen LogP contribution in [0.2, 0.25) is 0 Å². The van der Waals surface area contributed by atoms with Crippen LogP contribution >= 0.6 is 11.8 Å². The first kappa shape index (κ1) is 19.0. The second kappa shape index (κ2) is 6.45. The first-order chi connectivity index (χ1) is 12.8. The van der Waals surface area contributed by atoms with Gasteiger partial charge in [-0.05, 0) is 12.3 Å². The van der Waals surface area contributed by atoms with Crippen molar-refractivity contribution in [2.75, 3.05) is 28.4 Å². The average molecular weight is 395 g/mol. The van der Waals surface area contributed by atoms with E-state index in [4.69, 9.17) is 18.9 Å². The van der Waals surface area contributed by atoms with Gasteiger partial charge >= 0.3 is 23.9 Å². The average Bonchev–Trinajstić information content (AvgIpc) is 3.29. The summed E-state index contributed by atoms with van der Waals surface area (Å²) < 4.78 is 19.4. The molecule has 0 aromatic carbocycles. The Morgan fingerprint density at radius 1 is 0.889 bits per heavy atom. The van der Waals surface area contributed by atoms with Gasteiger partial charge in [0.1, 0.15) is 10.9 Å². The van der Waals surface area contributed by atoms with E-state index in [-0.39, 0.29) is 22.3 Å². The molecular formula is C17H17NO8S. The summed E-state index contributed by atoms with van der Waals surface area (Å²) in [4.78, 5) is 51.8. The van der Waals surface area contributed by atoms with Gasteiger partial charge in [-0.3, -0.25) is 0 Å². The molecule has 0 saturated carbocycles. The van der Waals surface area contributed by atoms with Crippen molar-refractivity contribution < 1.29 is 38.1 Å². The molecule has 3 rings (SSSR count). The maximum Gasteiger partial charge on any atom is 0.340 e. The molecule has 0 saturated heterocycles. The minimum Gasteiger partial charge on any atom is -0.466 e. The number of carbonyl (C=O) groups excluding carboxylic acids is 4. The highest BCUT2D eigenvalue weighted by Crippen LogP contribution is 2.60. The minimum atomic E-state index is -1.45. The third-order valence-electron chi connectivity index (χ3n) is 4.85. The lowest BCUT2D eigenvalue weighted by atomic mass is 9.83. The second-order valence-electron chi connectivity index (χ2n) is 5.94. The molecule has 0 aromatic rings. The van der Waals surface area contributed by atoms with Crippen molar-refractivity contribution in [3.63, 3.8) is 0 Å². The summed E-state index contributed by atoms with van der Waals surface area (Å²) in [6.07, 6.45) is 0. The Morgan fingerprint density at radius 2 is 1.41 bits per heavy atom. The largest absolute Gasteiger partial charge is 0.466 e. The number of carbonyl (C=O) groups is 4. The van der Waals surface area contributed by atoms with E-state index in [2.05, 4.69) is 0 Å². The van der Waals surface area contributed by atoms with Gasteiger partial charge in [-0.1, -0.05) is 0 Å². The Balaban J connectivity index is 2.39. The summed E-state index contributed by atoms with van der Waals surface area (Å²) in [7, 11) is 4.71. The third-order valence-corrected chi connectivity index (χ3v) is 5.92. The van der Waals surface area contributed by atoms with E-state index in [0.29, 0.717) is 5.70 Å². The zero-order valence-electron chi connectivity index (χ0n) is 15.3. The molecule has 0 aromatic heterocycles. The van der Waals surface area contributed by atoms with Crippen molar-refractivity contribution >= 4 is 35.6 Å².